The van der Waals surface area contributed by atoms with E-state index >= 15 is 0 Å². The number of hydrogen-bond acceptors (Lipinski definition) is 2. The van der Waals surface area contributed by atoms with Crippen LogP contribution >= 0.6 is 0 Å². The summed E-state index contributed by atoms with van der Waals surface area (Å²) in [6.45, 7) is 11.5. The Morgan fingerprint density at radius 2 is 1.43 bits per heavy atom. The fourth-order valence-corrected chi connectivity index (χ4v) is 8.01. The Bertz CT molecular complexity index is 654. The molecule has 0 heterocycles. The van der Waals surface area contributed by atoms with Gasteiger partial charge in [0, 0.05) is 24.4 Å². The van der Waals surface area contributed by atoms with Crippen molar-refractivity contribution in [2.24, 2.45) is 11.8 Å². The molecule has 0 spiro atoms. The van der Waals surface area contributed by atoms with Crippen molar-refractivity contribution in [2.75, 3.05) is 14.2 Å². The van der Waals surface area contributed by atoms with Gasteiger partial charge in [0.2, 0.25) is 0 Å². The maximum Gasteiger partial charge on any atom is 0.378 e. The zero-order valence-electron chi connectivity index (χ0n) is 15.5. The Morgan fingerprint density at radius 1 is 0.870 bits per heavy atom. The van der Waals surface area contributed by atoms with Crippen LogP contribution in [-0.2, 0) is 8.85 Å². The van der Waals surface area contributed by atoms with Crippen LogP contribution in [-0.4, -0.2) is 22.8 Å². The van der Waals surface area contributed by atoms with Crippen molar-refractivity contribution in [1.82, 2.24) is 0 Å². The summed E-state index contributed by atoms with van der Waals surface area (Å²) >= 11 is 0. The molecule has 2 aromatic rings. The third-order valence-electron chi connectivity index (χ3n) is 5.71. The lowest BCUT2D eigenvalue weighted by atomic mass is 9.86. The van der Waals surface area contributed by atoms with Crippen molar-refractivity contribution in [3.63, 3.8) is 0 Å². The summed E-state index contributed by atoms with van der Waals surface area (Å²) in [5, 5.41) is 3.66. The normalized spacial score (nSPS) is 14.4. The van der Waals surface area contributed by atoms with Crippen molar-refractivity contribution in [2.45, 2.75) is 39.7 Å². The first-order chi connectivity index (χ1) is 10.8. The van der Waals surface area contributed by atoms with Gasteiger partial charge in [-0.3, -0.25) is 0 Å². The van der Waals surface area contributed by atoms with Gasteiger partial charge in [0.05, 0.1) is 0 Å². The fraction of sp³-hybridized carbons (Fsp3) is 0.500. The molecule has 2 rings (SSSR count). The van der Waals surface area contributed by atoms with Crippen molar-refractivity contribution in [3.8, 4) is 0 Å². The highest BCUT2D eigenvalue weighted by Gasteiger charge is 2.56. The van der Waals surface area contributed by atoms with Crippen LogP contribution in [0.5, 0.6) is 0 Å². The van der Waals surface area contributed by atoms with Crippen molar-refractivity contribution in [1.29, 1.82) is 0 Å². The van der Waals surface area contributed by atoms with E-state index in [0.717, 1.165) is 0 Å². The SMILES string of the molecule is CO[Si](OC)(c1cccc2ccccc12)C(C)(C)C(C)C(C)C. The first-order valence-electron chi connectivity index (χ1n) is 8.40. The molecule has 2 nitrogen and oxygen atoms in total. The minimum Gasteiger partial charge on any atom is -0.394 e. The van der Waals surface area contributed by atoms with Crippen molar-refractivity contribution in [3.05, 3.63) is 42.5 Å². The molecule has 1 unspecified atom stereocenters. The van der Waals surface area contributed by atoms with Gasteiger partial charge < -0.3 is 8.85 Å². The van der Waals surface area contributed by atoms with Crippen LogP contribution in [0.4, 0.5) is 0 Å². The largest absolute Gasteiger partial charge is 0.394 e. The van der Waals surface area contributed by atoms with E-state index < -0.39 is 8.56 Å². The molecule has 0 saturated heterocycles. The van der Waals surface area contributed by atoms with Crippen LogP contribution in [0.2, 0.25) is 5.04 Å². The van der Waals surface area contributed by atoms with E-state index in [4.69, 9.17) is 8.85 Å². The second kappa shape index (κ2) is 6.76. The minimum atomic E-state index is -2.64. The average Bonchev–Trinajstić information content (AvgIpc) is 2.55. The molecule has 0 aliphatic carbocycles. The van der Waals surface area contributed by atoms with Gasteiger partial charge in [0.1, 0.15) is 0 Å². The van der Waals surface area contributed by atoms with Crippen molar-refractivity contribution >= 4 is 24.5 Å². The number of fused-ring (bicyclic) bond motifs is 1. The second-order valence-corrected chi connectivity index (χ2v) is 11.2. The molecule has 3 heteroatoms. The van der Waals surface area contributed by atoms with Gasteiger partial charge in [0.25, 0.3) is 0 Å². The summed E-state index contributed by atoms with van der Waals surface area (Å²) < 4.78 is 12.5. The van der Waals surface area contributed by atoms with Crippen molar-refractivity contribution < 1.29 is 8.85 Å². The first kappa shape index (κ1) is 18.2. The lowest BCUT2D eigenvalue weighted by Crippen LogP contribution is -2.62. The van der Waals surface area contributed by atoms with Gasteiger partial charge in [-0.15, -0.1) is 0 Å². The maximum absolute atomic E-state index is 6.23. The molecule has 0 aromatic heterocycles. The minimum absolute atomic E-state index is 0.0607. The van der Waals surface area contributed by atoms with Gasteiger partial charge in [0.15, 0.2) is 0 Å². The van der Waals surface area contributed by atoms with Gasteiger partial charge in [-0.2, -0.15) is 0 Å². The predicted molar refractivity (Wildman–Crippen MR) is 101 cm³/mol. The van der Waals surface area contributed by atoms with Crippen LogP contribution in [0.3, 0.4) is 0 Å². The third kappa shape index (κ3) is 2.86. The van der Waals surface area contributed by atoms with Gasteiger partial charge in [-0.25, -0.2) is 0 Å². The molecule has 126 valence electrons. The number of benzene rings is 2. The maximum atomic E-state index is 6.23. The molecule has 0 amide bonds. The van der Waals surface area contributed by atoms with E-state index in [1.54, 1.807) is 0 Å². The van der Waals surface area contributed by atoms with Crippen LogP contribution < -0.4 is 5.19 Å². The molecule has 0 bridgehead atoms. The highest BCUT2D eigenvalue weighted by Crippen LogP contribution is 2.48. The zero-order valence-corrected chi connectivity index (χ0v) is 16.5. The monoisotopic (exact) mass is 330 g/mol. The average molecular weight is 331 g/mol. The highest BCUT2D eigenvalue weighted by atomic mass is 28.4. The summed E-state index contributed by atoms with van der Waals surface area (Å²) in [6.07, 6.45) is 0. The van der Waals surface area contributed by atoms with E-state index in [2.05, 4.69) is 77.1 Å². The molecule has 0 N–H and O–H groups in total. The summed E-state index contributed by atoms with van der Waals surface area (Å²) in [5.41, 5.74) is 0. The topological polar surface area (TPSA) is 18.5 Å². The molecule has 2 aromatic carbocycles. The van der Waals surface area contributed by atoms with E-state index in [1.807, 2.05) is 14.2 Å². The molecular formula is C20H30O2Si. The highest BCUT2D eigenvalue weighted by molar-refractivity contribution is 6.85. The Hall–Kier alpha value is -1.16. The molecular weight excluding hydrogens is 300 g/mol. The molecule has 0 radical (unpaired) electrons. The van der Waals surface area contributed by atoms with Crippen LogP contribution in [0, 0.1) is 11.8 Å². The standard InChI is InChI=1S/C20H30O2Si/c1-15(2)16(3)20(4,5)23(21-6,22-7)19-14-10-12-17-11-8-9-13-18(17)19/h8-16H,1-7H3. The number of hydrogen-bond donors (Lipinski definition) is 0. The summed E-state index contributed by atoms with van der Waals surface area (Å²) in [5.74, 6) is 1.05. The molecule has 23 heavy (non-hydrogen) atoms. The van der Waals surface area contributed by atoms with E-state index in [-0.39, 0.29) is 5.04 Å². The summed E-state index contributed by atoms with van der Waals surface area (Å²) in [4.78, 5) is 0. The Morgan fingerprint density at radius 3 is 2.00 bits per heavy atom. The van der Waals surface area contributed by atoms with Crippen LogP contribution in [0.1, 0.15) is 34.6 Å². The molecule has 1 atom stereocenters. The van der Waals surface area contributed by atoms with E-state index in [9.17, 15) is 0 Å². The van der Waals surface area contributed by atoms with Gasteiger partial charge in [-0.05, 0) is 22.6 Å². The van der Waals surface area contributed by atoms with Crippen LogP contribution in [0.15, 0.2) is 42.5 Å². The zero-order chi connectivity index (χ0) is 17.3. The molecule has 0 aliphatic heterocycles. The van der Waals surface area contributed by atoms with Gasteiger partial charge in [-0.1, -0.05) is 77.1 Å². The molecule has 0 saturated carbocycles. The third-order valence-corrected chi connectivity index (χ3v) is 10.2. The van der Waals surface area contributed by atoms with Crippen LogP contribution in [0.25, 0.3) is 10.8 Å². The summed E-state index contributed by atoms with van der Waals surface area (Å²) in [7, 11) is 0.986. The Kier molecular flexibility index (Phi) is 5.34. The fourth-order valence-electron chi connectivity index (χ4n) is 3.82. The quantitative estimate of drug-likeness (QED) is 0.705. The lowest BCUT2D eigenvalue weighted by Gasteiger charge is -2.46. The summed E-state index contributed by atoms with van der Waals surface area (Å²) in [6, 6.07) is 15.0. The number of rotatable bonds is 6. The first-order valence-corrected chi connectivity index (χ1v) is 10.2. The Labute approximate surface area is 142 Å². The van der Waals surface area contributed by atoms with Gasteiger partial charge >= 0.3 is 8.56 Å². The second-order valence-electron chi connectivity index (χ2n) is 7.31. The lowest BCUT2D eigenvalue weighted by molar-refractivity contribution is 0.186. The van der Waals surface area contributed by atoms with E-state index in [1.165, 1.54) is 16.0 Å². The molecule has 0 aliphatic rings. The Balaban J connectivity index is 2.74. The smallest absolute Gasteiger partial charge is 0.378 e. The molecule has 0 fully saturated rings. The van der Waals surface area contributed by atoms with E-state index in [0.29, 0.717) is 11.8 Å². The predicted octanol–water partition coefficient (Wildman–Crippen LogP) is 4.85.